The van der Waals surface area contributed by atoms with Crippen LogP contribution in [-0.2, 0) is 0 Å². The van der Waals surface area contributed by atoms with Crippen LogP contribution in [0.2, 0.25) is 0 Å². The van der Waals surface area contributed by atoms with E-state index >= 15 is 0 Å². The zero-order valence-electron chi connectivity index (χ0n) is 11.1. The van der Waals surface area contributed by atoms with Gasteiger partial charge in [0.25, 0.3) is 0 Å². The van der Waals surface area contributed by atoms with Gasteiger partial charge in [-0.25, -0.2) is 0 Å². The highest BCUT2D eigenvalue weighted by molar-refractivity contribution is 9.10. The van der Waals surface area contributed by atoms with Gasteiger partial charge >= 0.3 is 0 Å². The van der Waals surface area contributed by atoms with Crippen molar-refractivity contribution in [1.82, 2.24) is 5.32 Å². The number of hydrogen-bond acceptors (Lipinski definition) is 3. The van der Waals surface area contributed by atoms with Gasteiger partial charge in [-0.05, 0) is 53.9 Å². The van der Waals surface area contributed by atoms with Gasteiger partial charge in [0.1, 0.15) is 16.0 Å². The summed E-state index contributed by atoms with van der Waals surface area (Å²) in [6.07, 6.45) is 3.92. The van der Waals surface area contributed by atoms with Gasteiger partial charge in [-0.3, -0.25) is 0 Å². The van der Waals surface area contributed by atoms with E-state index in [0.717, 1.165) is 16.0 Å². The second-order valence-electron chi connectivity index (χ2n) is 4.66. The van der Waals surface area contributed by atoms with Crippen molar-refractivity contribution in [3.63, 3.8) is 0 Å². The lowest BCUT2D eigenvalue weighted by Gasteiger charge is -2.34. The van der Waals surface area contributed by atoms with E-state index in [1.807, 2.05) is 13.1 Å². The van der Waals surface area contributed by atoms with E-state index in [9.17, 15) is 0 Å². The summed E-state index contributed by atoms with van der Waals surface area (Å²) in [6.45, 7) is 0. The van der Waals surface area contributed by atoms with Crippen LogP contribution in [0.3, 0.4) is 0 Å². The molecule has 1 aliphatic rings. The number of halogens is 1. The van der Waals surface area contributed by atoms with Crippen molar-refractivity contribution >= 4 is 15.9 Å². The fraction of sp³-hybridized carbons (Fsp3) is 0.571. The maximum Gasteiger partial charge on any atom is 0.141 e. The molecule has 0 amide bonds. The molecule has 1 aromatic carbocycles. The summed E-state index contributed by atoms with van der Waals surface area (Å²) in [7, 11) is 5.39. The fourth-order valence-corrected chi connectivity index (χ4v) is 3.27. The van der Waals surface area contributed by atoms with Gasteiger partial charge in [0.2, 0.25) is 0 Å². The molecule has 1 aromatic rings. The predicted octanol–water partition coefficient (Wildman–Crippen LogP) is 3.53. The minimum Gasteiger partial charge on any atom is -0.495 e. The van der Waals surface area contributed by atoms with Crippen molar-refractivity contribution in [1.29, 1.82) is 0 Å². The standard InChI is InChI=1S/C14H20BrNO2/c1-16-13(9-5-4-6-9)10-7-8-11(17-2)12(15)14(10)18-3/h7-9,13,16H,4-6H2,1-3H3. The second kappa shape index (κ2) is 5.93. The van der Waals surface area contributed by atoms with Crippen LogP contribution >= 0.6 is 15.9 Å². The monoisotopic (exact) mass is 313 g/mol. The Bertz CT molecular complexity index is 419. The quantitative estimate of drug-likeness (QED) is 0.902. The molecular formula is C14H20BrNO2. The van der Waals surface area contributed by atoms with Gasteiger partial charge in [0.05, 0.1) is 14.2 Å². The Morgan fingerprint density at radius 3 is 2.44 bits per heavy atom. The van der Waals surface area contributed by atoms with Gasteiger partial charge in [-0.15, -0.1) is 0 Å². The first-order valence-electron chi connectivity index (χ1n) is 6.30. The first-order valence-corrected chi connectivity index (χ1v) is 7.09. The van der Waals surface area contributed by atoms with Crippen molar-refractivity contribution in [2.75, 3.05) is 21.3 Å². The smallest absolute Gasteiger partial charge is 0.141 e. The van der Waals surface area contributed by atoms with Crippen molar-refractivity contribution in [3.05, 3.63) is 22.2 Å². The highest BCUT2D eigenvalue weighted by atomic mass is 79.9. The fourth-order valence-electron chi connectivity index (χ4n) is 2.58. The van der Waals surface area contributed by atoms with Crippen LogP contribution in [0.1, 0.15) is 30.9 Å². The molecule has 0 spiro atoms. The molecule has 1 N–H and O–H groups in total. The van der Waals surface area contributed by atoms with Gasteiger partial charge < -0.3 is 14.8 Å². The number of rotatable bonds is 5. The molecule has 0 saturated heterocycles. The number of ether oxygens (including phenoxy) is 2. The van der Waals surface area contributed by atoms with E-state index in [1.165, 1.54) is 24.8 Å². The minimum atomic E-state index is 0.357. The molecule has 0 heterocycles. The van der Waals surface area contributed by atoms with E-state index in [0.29, 0.717) is 12.0 Å². The van der Waals surface area contributed by atoms with Crippen LogP contribution in [0.5, 0.6) is 11.5 Å². The molecule has 0 radical (unpaired) electrons. The van der Waals surface area contributed by atoms with E-state index in [4.69, 9.17) is 9.47 Å². The summed E-state index contributed by atoms with van der Waals surface area (Å²) >= 11 is 3.56. The molecule has 0 bridgehead atoms. The zero-order valence-corrected chi connectivity index (χ0v) is 12.7. The molecule has 4 heteroatoms. The number of nitrogens with one attached hydrogen (secondary N) is 1. The zero-order chi connectivity index (χ0) is 13.1. The summed E-state index contributed by atoms with van der Waals surface area (Å²) in [5, 5.41) is 3.42. The van der Waals surface area contributed by atoms with Crippen LogP contribution in [0, 0.1) is 5.92 Å². The SMILES string of the molecule is CNC(c1ccc(OC)c(Br)c1OC)C1CCC1. The van der Waals surface area contributed by atoms with Crippen LogP contribution in [0.15, 0.2) is 16.6 Å². The molecule has 0 aromatic heterocycles. The molecule has 100 valence electrons. The Morgan fingerprint density at radius 1 is 1.28 bits per heavy atom. The Morgan fingerprint density at radius 2 is 2.00 bits per heavy atom. The lowest BCUT2D eigenvalue weighted by Crippen LogP contribution is -2.30. The normalized spacial score (nSPS) is 17.1. The third kappa shape index (κ3) is 2.36. The highest BCUT2D eigenvalue weighted by Gasteiger charge is 2.30. The van der Waals surface area contributed by atoms with Crippen LogP contribution < -0.4 is 14.8 Å². The molecule has 1 aliphatic carbocycles. The van der Waals surface area contributed by atoms with Crippen molar-refractivity contribution in [2.24, 2.45) is 5.92 Å². The second-order valence-corrected chi connectivity index (χ2v) is 5.45. The van der Waals surface area contributed by atoms with E-state index in [2.05, 4.69) is 27.3 Å². The van der Waals surface area contributed by atoms with E-state index < -0.39 is 0 Å². The maximum absolute atomic E-state index is 5.55. The molecule has 3 nitrogen and oxygen atoms in total. The van der Waals surface area contributed by atoms with Crippen LogP contribution in [0.4, 0.5) is 0 Å². The summed E-state index contributed by atoms with van der Waals surface area (Å²) in [5.74, 6) is 2.39. The molecule has 0 aliphatic heterocycles. The average molecular weight is 314 g/mol. The van der Waals surface area contributed by atoms with Crippen molar-refractivity contribution in [2.45, 2.75) is 25.3 Å². The molecular weight excluding hydrogens is 294 g/mol. The molecule has 1 atom stereocenters. The summed E-state index contributed by atoms with van der Waals surface area (Å²) in [6, 6.07) is 4.45. The molecule has 18 heavy (non-hydrogen) atoms. The van der Waals surface area contributed by atoms with Crippen LogP contribution in [0.25, 0.3) is 0 Å². The molecule has 1 unspecified atom stereocenters. The highest BCUT2D eigenvalue weighted by Crippen LogP contribution is 2.45. The topological polar surface area (TPSA) is 30.5 Å². The summed E-state index contributed by atoms with van der Waals surface area (Å²) < 4.78 is 11.8. The molecule has 2 rings (SSSR count). The van der Waals surface area contributed by atoms with Crippen molar-refractivity contribution < 1.29 is 9.47 Å². The van der Waals surface area contributed by atoms with Crippen molar-refractivity contribution in [3.8, 4) is 11.5 Å². The Labute approximate surface area is 117 Å². The largest absolute Gasteiger partial charge is 0.495 e. The first-order chi connectivity index (χ1) is 8.72. The van der Waals surface area contributed by atoms with Gasteiger partial charge in [-0.2, -0.15) is 0 Å². The lowest BCUT2D eigenvalue weighted by molar-refractivity contribution is 0.234. The summed E-state index contributed by atoms with van der Waals surface area (Å²) in [4.78, 5) is 0. The molecule has 1 fully saturated rings. The van der Waals surface area contributed by atoms with E-state index in [1.54, 1.807) is 14.2 Å². The minimum absolute atomic E-state index is 0.357. The number of benzene rings is 1. The van der Waals surface area contributed by atoms with Gasteiger partial charge in [0, 0.05) is 11.6 Å². The predicted molar refractivity (Wildman–Crippen MR) is 76.4 cm³/mol. The maximum atomic E-state index is 5.55. The number of hydrogen-bond donors (Lipinski definition) is 1. The summed E-state index contributed by atoms with van der Waals surface area (Å²) in [5.41, 5.74) is 1.21. The first kappa shape index (κ1) is 13.7. The van der Waals surface area contributed by atoms with E-state index in [-0.39, 0.29) is 0 Å². The third-order valence-corrected chi connectivity index (χ3v) is 4.53. The molecule has 1 saturated carbocycles. The lowest BCUT2D eigenvalue weighted by atomic mass is 9.77. The van der Waals surface area contributed by atoms with Gasteiger partial charge in [-0.1, -0.05) is 6.42 Å². The van der Waals surface area contributed by atoms with Gasteiger partial charge in [0.15, 0.2) is 0 Å². The third-order valence-electron chi connectivity index (χ3n) is 3.78. The Balaban J connectivity index is 2.39. The number of methoxy groups -OCH3 is 2. The average Bonchev–Trinajstić information content (AvgIpc) is 2.33. The Kier molecular flexibility index (Phi) is 4.51. The van der Waals surface area contributed by atoms with Crippen LogP contribution in [-0.4, -0.2) is 21.3 Å². The Hall–Kier alpha value is -0.740.